The fourth-order valence-corrected chi connectivity index (χ4v) is 2.33. The van der Waals surface area contributed by atoms with Gasteiger partial charge < -0.3 is 9.75 Å². The van der Waals surface area contributed by atoms with E-state index in [1.807, 2.05) is 79.5 Å². The lowest BCUT2D eigenvalue weighted by Gasteiger charge is -2.16. The summed E-state index contributed by atoms with van der Waals surface area (Å²) in [6, 6.07) is 18.0. The maximum atomic E-state index is 6.05. The van der Waals surface area contributed by atoms with E-state index in [9.17, 15) is 0 Å². The molecule has 1 aromatic heterocycles. The largest absolute Gasteiger partial charge is 0.488 e. The molecule has 0 N–H and O–H groups in total. The van der Waals surface area contributed by atoms with E-state index >= 15 is 0 Å². The van der Waals surface area contributed by atoms with Crippen LogP contribution >= 0.6 is 0 Å². The highest BCUT2D eigenvalue weighted by atomic mass is 16.5. The molecule has 1 heterocycles. The van der Waals surface area contributed by atoms with Crippen LogP contribution in [-0.2, 0) is 6.61 Å². The molecule has 0 saturated heterocycles. The molecule has 0 aliphatic carbocycles. The molecule has 5 nitrogen and oxygen atoms in total. The van der Waals surface area contributed by atoms with Crippen molar-refractivity contribution >= 4 is 5.84 Å². The second kappa shape index (κ2) is 7.46. The van der Waals surface area contributed by atoms with E-state index in [0.717, 1.165) is 22.7 Å². The van der Waals surface area contributed by atoms with Crippen LogP contribution in [0.5, 0.6) is 5.75 Å². The third kappa shape index (κ3) is 3.81. The Hall–Kier alpha value is -3.08. The highest BCUT2D eigenvalue weighted by molar-refractivity contribution is 6.02. The number of hydrogen-bond acceptors (Lipinski definition) is 4. The van der Waals surface area contributed by atoms with E-state index in [1.54, 1.807) is 17.5 Å². The van der Waals surface area contributed by atoms with Crippen molar-refractivity contribution in [3.63, 3.8) is 0 Å². The van der Waals surface area contributed by atoms with Crippen molar-refractivity contribution in [1.29, 1.82) is 0 Å². The Morgan fingerprint density at radius 2 is 1.83 bits per heavy atom. The quantitative estimate of drug-likeness (QED) is 0.412. The van der Waals surface area contributed by atoms with E-state index in [1.165, 1.54) is 0 Å². The van der Waals surface area contributed by atoms with Crippen molar-refractivity contribution in [3.05, 3.63) is 84.4 Å². The molecule has 0 aliphatic rings. The summed E-state index contributed by atoms with van der Waals surface area (Å²) in [5.41, 5.74) is 2.04. The van der Waals surface area contributed by atoms with Gasteiger partial charge in [0.25, 0.3) is 0 Å². The summed E-state index contributed by atoms with van der Waals surface area (Å²) in [7, 11) is 3.79. The van der Waals surface area contributed by atoms with Crippen LogP contribution in [-0.4, -0.2) is 34.5 Å². The van der Waals surface area contributed by atoms with Crippen molar-refractivity contribution in [2.75, 3.05) is 14.1 Å². The average molecular weight is 320 g/mol. The molecule has 0 fully saturated rings. The zero-order chi connectivity index (χ0) is 16.8. The molecule has 0 radical (unpaired) electrons. The van der Waals surface area contributed by atoms with E-state index in [2.05, 4.69) is 10.1 Å². The number of hydrazone groups is 1. The summed E-state index contributed by atoms with van der Waals surface area (Å²) in [5.74, 6) is 1.55. The molecule has 0 aliphatic heterocycles. The van der Waals surface area contributed by atoms with Crippen molar-refractivity contribution < 1.29 is 4.74 Å². The van der Waals surface area contributed by atoms with Crippen LogP contribution in [0.1, 0.15) is 11.1 Å². The lowest BCUT2D eigenvalue weighted by atomic mass is 10.1. The third-order valence-electron chi connectivity index (χ3n) is 3.41. The standard InChI is InChI=1S/C19H20N4O/c1-22(2)21-19(23-13-12-20-15-23)17-10-6-7-11-18(17)24-14-16-8-4-3-5-9-16/h3-13,15H,14H2,1-2H3. The van der Waals surface area contributed by atoms with Gasteiger partial charge in [-0.25, -0.2) is 4.98 Å². The Morgan fingerprint density at radius 1 is 1.08 bits per heavy atom. The molecular weight excluding hydrogens is 300 g/mol. The first-order valence-electron chi connectivity index (χ1n) is 7.74. The monoisotopic (exact) mass is 320 g/mol. The predicted molar refractivity (Wildman–Crippen MR) is 95.1 cm³/mol. The third-order valence-corrected chi connectivity index (χ3v) is 3.41. The zero-order valence-electron chi connectivity index (χ0n) is 13.8. The second-order valence-corrected chi connectivity index (χ2v) is 5.51. The highest BCUT2D eigenvalue weighted by Gasteiger charge is 2.13. The van der Waals surface area contributed by atoms with Gasteiger partial charge in [-0.15, -0.1) is 0 Å². The van der Waals surface area contributed by atoms with Crippen molar-refractivity contribution in [1.82, 2.24) is 14.6 Å². The predicted octanol–water partition coefficient (Wildman–Crippen LogP) is 3.23. The van der Waals surface area contributed by atoms with Crippen LogP contribution in [0.2, 0.25) is 0 Å². The van der Waals surface area contributed by atoms with Crippen LogP contribution in [0.3, 0.4) is 0 Å². The minimum absolute atomic E-state index is 0.511. The van der Waals surface area contributed by atoms with E-state index in [0.29, 0.717) is 6.61 Å². The van der Waals surface area contributed by atoms with Crippen molar-refractivity contribution in [2.24, 2.45) is 5.10 Å². The molecular formula is C19H20N4O. The van der Waals surface area contributed by atoms with E-state index in [-0.39, 0.29) is 0 Å². The lowest BCUT2D eigenvalue weighted by Crippen LogP contribution is -2.18. The molecule has 3 rings (SSSR count). The zero-order valence-corrected chi connectivity index (χ0v) is 13.8. The van der Waals surface area contributed by atoms with Gasteiger partial charge in [-0.3, -0.25) is 4.57 Å². The molecule has 5 heteroatoms. The topological polar surface area (TPSA) is 42.6 Å². The number of rotatable bonds is 5. The van der Waals surface area contributed by atoms with E-state index < -0.39 is 0 Å². The molecule has 0 amide bonds. The minimum atomic E-state index is 0.511. The van der Waals surface area contributed by atoms with Crippen LogP contribution in [0.4, 0.5) is 0 Å². The van der Waals surface area contributed by atoms with Gasteiger partial charge in [-0.2, -0.15) is 5.10 Å². The number of aromatic nitrogens is 2. The summed E-state index contributed by atoms with van der Waals surface area (Å²) >= 11 is 0. The van der Waals surface area contributed by atoms with Crippen molar-refractivity contribution in [3.8, 4) is 5.75 Å². The summed E-state index contributed by atoms with van der Waals surface area (Å²) in [5, 5.41) is 6.37. The Bertz CT molecular complexity index is 795. The summed E-state index contributed by atoms with van der Waals surface area (Å²) < 4.78 is 7.93. The molecule has 0 saturated carbocycles. The van der Waals surface area contributed by atoms with Crippen LogP contribution in [0.15, 0.2) is 78.4 Å². The Kier molecular flexibility index (Phi) is 4.91. The number of nitrogens with zero attached hydrogens (tertiary/aromatic N) is 4. The van der Waals surface area contributed by atoms with Gasteiger partial charge in [0.15, 0.2) is 5.84 Å². The Labute approximate surface area is 141 Å². The number of imidazole rings is 1. The smallest absolute Gasteiger partial charge is 0.168 e. The number of benzene rings is 2. The first-order valence-corrected chi connectivity index (χ1v) is 7.74. The van der Waals surface area contributed by atoms with Crippen LogP contribution < -0.4 is 4.74 Å². The summed E-state index contributed by atoms with van der Waals surface area (Å²) in [4.78, 5) is 4.12. The lowest BCUT2D eigenvalue weighted by molar-refractivity contribution is 0.305. The number of ether oxygens (including phenoxy) is 1. The normalized spacial score (nSPS) is 11.3. The summed E-state index contributed by atoms with van der Waals surface area (Å²) in [6.45, 7) is 0.511. The van der Waals surface area contributed by atoms with Crippen LogP contribution in [0, 0.1) is 0 Å². The Balaban J connectivity index is 1.92. The molecule has 0 bridgehead atoms. The maximum Gasteiger partial charge on any atom is 0.168 e. The fourth-order valence-electron chi connectivity index (χ4n) is 2.33. The van der Waals surface area contributed by atoms with Gasteiger partial charge >= 0.3 is 0 Å². The van der Waals surface area contributed by atoms with Crippen molar-refractivity contribution in [2.45, 2.75) is 6.61 Å². The first kappa shape index (κ1) is 15.8. The van der Waals surface area contributed by atoms with Crippen LogP contribution in [0.25, 0.3) is 0 Å². The highest BCUT2D eigenvalue weighted by Crippen LogP contribution is 2.21. The second-order valence-electron chi connectivity index (χ2n) is 5.51. The summed E-state index contributed by atoms with van der Waals surface area (Å²) in [6.07, 6.45) is 5.34. The maximum absolute atomic E-state index is 6.05. The number of para-hydroxylation sites is 1. The SMILES string of the molecule is CN(C)N=C(c1ccccc1OCc1ccccc1)n1ccnc1. The van der Waals surface area contributed by atoms with Gasteiger partial charge in [0, 0.05) is 26.5 Å². The van der Waals surface area contributed by atoms with Gasteiger partial charge in [0.2, 0.25) is 0 Å². The van der Waals surface area contributed by atoms with E-state index in [4.69, 9.17) is 4.74 Å². The molecule has 122 valence electrons. The fraction of sp³-hybridized carbons (Fsp3) is 0.158. The molecule has 0 atom stereocenters. The average Bonchev–Trinajstić information content (AvgIpc) is 3.13. The first-order chi connectivity index (χ1) is 11.7. The van der Waals surface area contributed by atoms with Gasteiger partial charge in [-0.1, -0.05) is 42.5 Å². The molecule has 0 unspecified atom stereocenters. The molecule has 3 aromatic rings. The molecule has 24 heavy (non-hydrogen) atoms. The molecule has 0 spiro atoms. The van der Waals surface area contributed by atoms with Gasteiger partial charge in [-0.05, 0) is 17.7 Å². The molecule has 2 aromatic carbocycles. The number of hydrogen-bond donors (Lipinski definition) is 0. The minimum Gasteiger partial charge on any atom is -0.488 e. The van der Waals surface area contributed by atoms with Gasteiger partial charge in [0.05, 0.1) is 5.56 Å². The Morgan fingerprint density at radius 3 is 2.54 bits per heavy atom. The van der Waals surface area contributed by atoms with Gasteiger partial charge in [0.1, 0.15) is 18.7 Å².